The van der Waals surface area contributed by atoms with Crippen LogP contribution in [-0.2, 0) is 16.8 Å². The smallest absolute Gasteiger partial charge is 0.246 e. The van der Waals surface area contributed by atoms with Crippen LogP contribution in [0.4, 0.5) is 0 Å². The number of nitrogens with one attached hydrogen (secondary N) is 1. The van der Waals surface area contributed by atoms with E-state index in [1.807, 2.05) is 51.2 Å². The van der Waals surface area contributed by atoms with Gasteiger partial charge in [-0.05, 0) is 38.3 Å². The van der Waals surface area contributed by atoms with E-state index >= 15 is 0 Å². The Morgan fingerprint density at radius 1 is 1.41 bits per heavy atom. The lowest BCUT2D eigenvalue weighted by molar-refractivity contribution is -0.129. The van der Waals surface area contributed by atoms with Crippen molar-refractivity contribution in [3.63, 3.8) is 0 Å². The van der Waals surface area contributed by atoms with Crippen molar-refractivity contribution in [2.75, 3.05) is 0 Å². The molecule has 1 heterocycles. The van der Waals surface area contributed by atoms with E-state index in [1.54, 1.807) is 10.9 Å². The van der Waals surface area contributed by atoms with Gasteiger partial charge in [-0.1, -0.05) is 24.3 Å². The molecule has 1 aliphatic carbocycles. The van der Waals surface area contributed by atoms with Gasteiger partial charge in [0.25, 0.3) is 0 Å². The van der Waals surface area contributed by atoms with Crippen LogP contribution in [-0.4, -0.2) is 26.6 Å². The van der Waals surface area contributed by atoms with Crippen LogP contribution in [0.5, 0.6) is 0 Å². The number of nitrogens with zero attached hydrogens (tertiary/aromatic N) is 2. The molecule has 0 bridgehead atoms. The summed E-state index contributed by atoms with van der Waals surface area (Å²) in [5.74, 6) is -0.123. The van der Waals surface area contributed by atoms with E-state index < -0.39 is 11.6 Å². The summed E-state index contributed by atoms with van der Waals surface area (Å²) in [5.41, 5.74) is 2.12. The first-order valence-electron chi connectivity index (χ1n) is 7.47. The molecular formula is C17H21N3O2. The Kier molecular flexibility index (Phi) is 3.53. The summed E-state index contributed by atoms with van der Waals surface area (Å²) < 4.78 is 1.80. The number of amides is 1. The van der Waals surface area contributed by atoms with Crippen molar-refractivity contribution in [3.8, 4) is 0 Å². The van der Waals surface area contributed by atoms with Gasteiger partial charge in [0.15, 0.2) is 0 Å². The molecule has 1 amide bonds. The Bertz CT molecular complexity index is 705. The van der Waals surface area contributed by atoms with Crippen molar-refractivity contribution in [2.45, 2.75) is 44.9 Å². The highest BCUT2D eigenvalue weighted by Gasteiger charge is 2.36. The average Bonchev–Trinajstić information content (AvgIpc) is 3.05. The number of hydrogen-bond donors (Lipinski definition) is 2. The molecule has 2 atom stereocenters. The highest BCUT2D eigenvalue weighted by Crippen LogP contribution is 2.31. The minimum Gasteiger partial charge on any atom is -0.386 e. The van der Waals surface area contributed by atoms with Crippen molar-refractivity contribution >= 4 is 5.91 Å². The van der Waals surface area contributed by atoms with E-state index in [0.717, 1.165) is 16.8 Å². The molecule has 5 nitrogen and oxygen atoms in total. The maximum absolute atomic E-state index is 12.7. The standard InChI is InChI=1S/C17H21N3O2/c1-11-9-20(10-18-11)17(2,3)16(22)19-14-8-12-6-4-5-7-13(12)15(14)21/h4-7,9-10,14-15,21H,8H2,1-3H3,(H,19,22)/t14-,15-/m1/s1. The van der Waals surface area contributed by atoms with E-state index in [2.05, 4.69) is 10.3 Å². The molecule has 0 aliphatic heterocycles. The highest BCUT2D eigenvalue weighted by atomic mass is 16.3. The van der Waals surface area contributed by atoms with Gasteiger partial charge in [0.05, 0.1) is 24.2 Å². The average molecular weight is 299 g/mol. The van der Waals surface area contributed by atoms with Crippen LogP contribution in [0.3, 0.4) is 0 Å². The van der Waals surface area contributed by atoms with E-state index in [0.29, 0.717) is 6.42 Å². The normalized spacial score (nSPS) is 20.7. The number of rotatable bonds is 3. The number of fused-ring (bicyclic) bond motifs is 1. The summed E-state index contributed by atoms with van der Waals surface area (Å²) >= 11 is 0. The molecule has 1 aromatic carbocycles. The summed E-state index contributed by atoms with van der Waals surface area (Å²) in [4.78, 5) is 16.8. The number of imidazole rings is 1. The molecule has 2 aromatic rings. The number of aromatic nitrogens is 2. The van der Waals surface area contributed by atoms with Gasteiger partial charge in [-0.25, -0.2) is 4.98 Å². The first kappa shape index (κ1) is 14.8. The zero-order valence-electron chi connectivity index (χ0n) is 13.1. The Labute approximate surface area is 130 Å². The molecule has 0 saturated heterocycles. The molecule has 2 N–H and O–H groups in total. The van der Waals surface area contributed by atoms with Gasteiger partial charge in [-0.3, -0.25) is 4.79 Å². The number of aliphatic hydroxyl groups is 1. The predicted octanol–water partition coefficient (Wildman–Crippen LogP) is 1.70. The van der Waals surface area contributed by atoms with Crippen molar-refractivity contribution < 1.29 is 9.90 Å². The number of carbonyl (C=O) groups is 1. The van der Waals surface area contributed by atoms with Crippen LogP contribution >= 0.6 is 0 Å². The quantitative estimate of drug-likeness (QED) is 0.906. The van der Waals surface area contributed by atoms with Gasteiger partial charge in [0.1, 0.15) is 5.54 Å². The lowest BCUT2D eigenvalue weighted by atomic mass is 10.0. The number of aryl methyl sites for hydroxylation is 1. The minimum absolute atomic E-state index is 0.123. The molecule has 0 saturated carbocycles. The van der Waals surface area contributed by atoms with Crippen LogP contribution in [0.1, 0.15) is 36.8 Å². The fourth-order valence-electron chi connectivity index (χ4n) is 2.89. The SMILES string of the molecule is Cc1cn(C(C)(C)C(=O)N[C@@H]2Cc3ccccc3[C@H]2O)cn1. The third-order valence-electron chi connectivity index (χ3n) is 4.42. The third kappa shape index (κ3) is 2.41. The zero-order valence-corrected chi connectivity index (χ0v) is 13.1. The lowest BCUT2D eigenvalue weighted by Crippen LogP contribution is -2.49. The van der Waals surface area contributed by atoms with Crippen molar-refractivity contribution in [3.05, 3.63) is 53.6 Å². The van der Waals surface area contributed by atoms with Gasteiger partial charge >= 0.3 is 0 Å². The monoisotopic (exact) mass is 299 g/mol. The second-order valence-electron chi connectivity index (χ2n) is 6.41. The Morgan fingerprint density at radius 3 is 2.77 bits per heavy atom. The second-order valence-corrected chi connectivity index (χ2v) is 6.41. The molecule has 1 aromatic heterocycles. The molecule has 0 radical (unpaired) electrons. The van der Waals surface area contributed by atoms with E-state index in [4.69, 9.17) is 0 Å². The molecule has 1 aliphatic rings. The maximum atomic E-state index is 12.7. The third-order valence-corrected chi connectivity index (χ3v) is 4.42. The number of hydrogen-bond acceptors (Lipinski definition) is 3. The van der Waals surface area contributed by atoms with Crippen LogP contribution in [0.25, 0.3) is 0 Å². The summed E-state index contributed by atoms with van der Waals surface area (Å²) in [5, 5.41) is 13.4. The Balaban J connectivity index is 1.76. The van der Waals surface area contributed by atoms with Crippen LogP contribution in [0.15, 0.2) is 36.8 Å². The fourth-order valence-corrected chi connectivity index (χ4v) is 2.89. The molecule has 0 spiro atoms. The van der Waals surface area contributed by atoms with Gasteiger partial charge in [0, 0.05) is 6.20 Å². The van der Waals surface area contributed by atoms with E-state index in [1.165, 1.54) is 0 Å². The summed E-state index contributed by atoms with van der Waals surface area (Å²) in [7, 11) is 0. The van der Waals surface area contributed by atoms with Crippen molar-refractivity contribution in [1.82, 2.24) is 14.9 Å². The van der Waals surface area contributed by atoms with Crippen molar-refractivity contribution in [1.29, 1.82) is 0 Å². The highest BCUT2D eigenvalue weighted by molar-refractivity contribution is 5.84. The van der Waals surface area contributed by atoms with E-state index in [-0.39, 0.29) is 11.9 Å². The second kappa shape index (κ2) is 5.25. The van der Waals surface area contributed by atoms with Crippen molar-refractivity contribution in [2.24, 2.45) is 0 Å². The first-order chi connectivity index (χ1) is 10.4. The lowest BCUT2D eigenvalue weighted by Gasteiger charge is -2.28. The summed E-state index contributed by atoms with van der Waals surface area (Å²) in [6.07, 6.45) is 3.51. The van der Waals surface area contributed by atoms with Gasteiger partial charge in [-0.2, -0.15) is 0 Å². The maximum Gasteiger partial charge on any atom is 0.246 e. The summed E-state index contributed by atoms with van der Waals surface area (Å²) in [6.45, 7) is 5.58. The molecule has 22 heavy (non-hydrogen) atoms. The van der Waals surface area contributed by atoms with Gasteiger partial charge < -0.3 is 15.0 Å². The van der Waals surface area contributed by atoms with Crippen LogP contribution in [0.2, 0.25) is 0 Å². The fraction of sp³-hybridized carbons (Fsp3) is 0.412. The molecule has 3 rings (SSSR count). The number of benzene rings is 1. The molecule has 5 heteroatoms. The zero-order chi connectivity index (χ0) is 15.9. The number of carbonyl (C=O) groups excluding carboxylic acids is 1. The minimum atomic E-state index is -0.754. The van der Waals surface area contributed by atoms with E-state index in [9.17, 15) is 9.90 Å². The number of aliphatic hydroxyl groups excluding tert-OH is 1. The molecular weight excluding hydrogens is 278 g/mol. The van der Waals surface area contributed by atoms with Crippen LogP contribution < -0.4 is 5.32 Å². The first-order valence-corrected chi connectivity index (χ1v) is 7.47. The molecule has 0 unspecified atom stereocenters. The predicted molar refractivity (Wildman–Crippen MR) is 83.3 cm³/mol. The molecule has 0 fully saturated rings. The molecule has 116 valence electrons. The Hall–Kier alpha value is -2.14. The van der Waals surface area contributed by atoms with Gasteiger partial charge in [-0.15, -0.1) is 0 Å². The topological polar surface area (TPSA) is 67.2 Å². The Morgan fingerprint density at radius 2 is 2.14 bits per heavy atom. The summed E-state index contributed by atoms with van der Waals surface area (Å²) in [6, 6.07) is 7.48. The van der Waals surface area contributed by atoms with Crippen LogP contribution in [0, 0.1) is 6.92 Å². The largest absolute Gasteiger partial charge is 0.386 e. The van der Waals surface area contributed by atoms with Gasteiger partial charge in [0.2, 0.25) is 5.91 Å².